The van der Waals surface area contributed by atoms with E-state index < -0.39 is 5.60 Å². The smallest absolute Gasteiger partial charge is 0.165 e. The molecule has 106 valence electrons. The molecular formula is C15H29NO2. The summed E-state index contributed by atoms with van der Waals surface area (Å²) in [6.45, 7) is 11.5. The zero-order chi connectivity index (χ0) is 13.8. The lowest BCUT2D eigenvalue weighted by molar-refractivity contribution is -0.137. The maximum absolute atomic E-state index is 12.0. The monoisotopic (exact) mass is 255 g/mol. The van der Waals surface area contributed by atoms with Gasteiger partial charge in [0.05, 0.1) is 0 Å². The molecule has 0 atom stereocenters. The molecular weight excluding hydrogens is 226 g/mol. The largest absolute Gasteiger partial charge is 0.371 e. The second-order valence-electron chi connectivity index (χ2n) is 6.75. The molecule has 1 rings (SSSR count). The van der Waals surface area contributed by atoms with Crippen molar-refractivity contribution in [2.75, 3.05) is 26.7 Å². The quantitative estimate of drug-likeness (QED) is 0.756. The molecule has 0 aromatic carbocycles. The van der Waals surface area contributed by atoms with Crippen molar-refractivity contribution >= 4 is 5.78 Å². The number of carbonyl (C=O) groups is 1. The standard InChI is InChI=1S/C15H29NO2/c1-14(2)8-6-10-16(12-9-14)11-7-13(17)15(3,4)18-5/h6-12H2,1-5H3. The Morgan fingerprint density at radius 1 is 1.28 bits per heavy atom. The number of likely N-dealkylation sites (tertiary alicyclic amines) is 1. The highest BCUT2D eigenvalue weighted by molar-refractivity contribution is 5.86. The van der Waals surface area contributed by atoms with Gasteiger partial charge in [-0.1, -0.05) is 13.8 Å². The summed E-state index contributed by atoms with van der Waals surface area (Å²) in [6.07, 6.45) is 4.37. The van der Waals surface area contributed by atoms with Crippen molar-refractivity contribution in [1.29, 1.82) is 0 Å². The molecule has 0 unspecified atom stereocenters. The Hall–Kier alpha value is -0.410. The van der Waals surface area contributed by atoms with Gasteiger partial charge in [0.1, 0.15) is 5.60 Å². The second-order valence-corrected chi connectivity index (χ2v) is 6.75. The molecule has 0 amide bonds. The van der Waals surface area contributed by atoms with Gasteiger partial charge in [0.2, 0.25) is 0 Å². The van der Waals surface area contributed by atoms with Crippen LogP contribution in [0, 0.1) is 5.41 Å². The summed E-state index contributed by atoms with van der Waals surface area (Å²) >= 11 is 0. The molecule has 1 saturated heterocycles. The van der Waals surface area contributed by atoms with E-state index in [1.54, 1.807) is 7.11 Å². The van der Waals surface area contributed by atoms with Gasteiger partial charge in [-0.15, -0.1) is 0 Å². The fourth-order valence-corrected chi connectivity index (χ4v) is 2.38. The molecule has 0 spiro atoms. The molecule has 1 aliphatic heterocycles. The summed E-state index contributed by atoms with van der Waals surface area (Å²) in [5, 5.41) is 0. The van der Waals surface area contributed by atoms with E-state index in [9.17, 15) is 4.79 Å². The van der Waals surface area contributed by atoms with Crippen LogP contribution in [0.25, 0.3) is 0 Å². The molecule has 1 fully saturated rings. The summed E-state index contributed by atoms with van der Waals surface area (Å²) in [4.78, 5) is 14.4. The molecule has 1 aliphatic rings. The minimum atomic E-state index is -0.634. The van der Waals surface area contributed by atoms with Gasteiger partial charge < -0.3 is 9.64 Å². The molecule has 0 aromatic rings. The average Bonchev–Trinajstić information content (AvgIpc) is 2.47. The lowest BCUT2D eigenvalue weighted by Gasteiger charge is -2.25. The first kappa shape index (κ1) is 15.6. The summed E-state index contributed by atoms with van der Waals surface area (Å²) in [5.74, 6) is 0.202. The molecule has 1 heterocycles. The van der Waals surface area contributed by atoms with Crippen molar-refractivity contribution in [3.8, 4) is 0 Å². The van der Waals surface area contributed by atoms with E-state index in [-0.39, 0.29) is 5.78 Å². The van der Waals surface area contributed by atoms with Crippen LogP contribution in [0.15, 0.2) is 0 Å². The van der Waals surface area contributed by atoms with Crippen molar-refractivity contribution in [1.82, 2.24) is 4.90 Å². The number of hydrogen-bond donors (Lipinski definition) is 0. The van der Waals surface area contributed by atoms with E-state index in [4.69, 9.17) is 4.74 Å². The Morgan fingerprint density at radius 2 is 1.94 bits per heavy atom. The number of ketones is 1. The first-order valence-corrected chi connectivity index (χ1v) is 7.08. The van der Waals surface area contributed by atoms with Crippen LogP contribution >= 0.6 is 0 Å². The van der Waals surface area contributed by atoms with Gasteiger partial charge in [0.15, 0.2) is 5.78 Å². The van der Waals surface area contributed by atoms with Gasteiger partial charge in [-0.3, -0.25) is 4.79 Å². The molecule has 0 aliphatic carbocycles. The second kappa shape index (κ2) is 6.16. The number of ether oxygens (including phenoxy) is 1. The summed E-state index contributed by atoms with van der Waals surface area (Å²) in [6, 6.07) is 0. The first-order chi connectivity index (χ1) is 8.27. The van der Waals surface area contributed by atoms with Gasteiger partial charge in [0.25, 0.3) is 0 Å². The third kappa shape index (κ3) is 4.69. The predicted molar refractivity (Wildman–Crippen MR) is 74.8 cm³/mol. The average molecular weight is 255 g/mol. The van der Waals surface area contributed by atoms with Gasteiger partial charge in [-0.25, -0.2) is 0 Å². The van der Waals surface area contributed by atoms with Crippen LogP contribution < -0.4 is 0 Å². The van der Waals surface area contributed by atoms with Crippen LogP contribution in [0.3, 0.4) is 0 Å². The van der Waals surface area contributed by atoms with E-state index in [2.05, 4.69) is 18.7 Å². The van der Waals surface area contributed by atoms with Crippen LogP contribution in [-0.4, -0.2) is 43.0 Å². The van der Waals surface area contributed by atoms with Crippen molar-refractivity contribution in [3.05, 3.63) is 0 Å². The van der Waals surface area contributed by atoms with E-state index in [0.29, 0.717) is 11.8 Å². The summed E-state index contributed by atoms with van der Waals surface area (Å²) in [5.41, 5.74) is -0.171. The highest BCUT2D eigenvalue weighted by Crippen LogP contribution is 2.29. The maximum atomic E-state index is 12.0. The highest BCUT2D eigenvalue weighted by Gasteiger charge is 2.28. The van der Waals surface area contributed by atoms with Crippen LogP contribution in [-0.2, 0) is 9.53 Å². The molecule has 0 bridgehead atoms. The Morgan fingerprint density at radius 3 is 2.56 bits per heavy atom. The molecule has 3 nitrogen and oxygen atoms in total. The Bertz CT molecular complexity index is 284. The number of Topliss-reactive ketones (excluding diaryl/α,β-unsaturated/α-hetero) is 1. The Kier molecular flexibility index (Phi) is 5.35. The fourth-order valence-electron chi connectivity index (χ4n) is 2.38. The van der Waals surface area contributed by atoms with Crippen molar-refractivity contribution < 1.29 is 9.53 Å². The molecule has 0 saturated carbocycles. The molecule has 0 aromatic heterocycles. The van der Waals surface area contributed by atoms with Gasteiger partial charge in [0, 0.05) is 20.1 Å². The van der Waals surface area contributed by atoms with Crippen molar-refractivity contribution in [3.63, 3.8) is 0 Å². The lowest BCUT2D eigenvalue weighted by Crippen LogP contribution is -2.37. The van der Waals surface area contributed by atoms with Crippen molar-refractivity contribution in [2.45, 2.75) is 59.0 Å². The maximum Gasteiger partial charge on any atom is 0.165 e. The van der Waals surface area contributed by atoms with E-state index >= 15 is 0 Å². The lowest BCUT2D eigenvalue weighted by atomic mass is 9.85. The Balaban J connectivity index is 2.38. The summed E-state index contributed by atoms with van der Waals surface area (Å²) < 4.78 is 5.23. The molecule has 18 heavy (non-hydrogen) atoms. The minimum absolute atomic E-state index is 0.202. The Labute approximate surface area is 112 Å². The topological polar surface area (TPSA) is 29.5 Å². The fraction of sp³-hybridized carbons (Fsp3) is 0.933. The zero-order valence-electron chi connectivity index (χ0n) is 12.7. The number of hydrogen-bond acceptors (Lipinski definition) is 3. The number of nitrogens with zero attached hydrogens (tertiary/aromatic N) is 1. The number of carbonyl (C=O) groups excluding carboxylic acids is 1. The van der Waals surface area contributed by atoms with E-state index in [0.717, 1.165) is 19.6 Å². The van der Waals surface area contributed by atoms with E-state index in [1.165, 1.54) is 19.3 Å². The van der Waals surface area contributed by atoms with E-state index in [1.807, 2.05) is 13.8 Å². The van der Waals surface area contributed by atoms with Gasteiger partial charge in [-0.2, -0.15) is 0 Å². The SMILES string of the molecule is COC(C)(C)C(=O)CCN1CCCC(C)(C)CC1. The minimum Gasteiger partial charge on any atom is -0.371 e. The molecule has 3 heteroatoms. The first-order valence-electron chi connectivity index (χ1n) is 7.08. The van der Waals surface area contributed by atoms with Crippen LogP contribution in [0.2, 0.25) is 0 Å². The normalized spacial score (nSPS) is 21.6. The molecule has 0 N–H and O–H groups in total. The zero-order valence-corrected chi connectivity index (χ0v) is 12.7. The van der Waals surface area contributed by atoms with Crippen LogP contribution in [0.1, 0.15) is 53.4 Å². The highest BCUT2D eigenvalue weighted by atomic mass is 16.5. The predicted octanol–water partition coefficient (Wildman–Crippen LogP) is 2.88. The number of methoxy groups -OCH3 is 1. The van der Waals surface area contributed by atoms with Crippen LogP contribution in [0.4, 0.5) is 0 Å². The summed E-state index contributed by atoms with van der Waals surface area (Å²) in [7, 11) is 1.60. The van der Waals surface area contributed by atoms with Gasteiger partial charge in [-0.05, 0) is 51.6 Å². The third-order valence-electron chi connectivity index (χ3n) is 4.27. The number of rotatable bonds is 5. The third-order valence-corrected chi connectivity index (χ3v) is 4.27. The van der Waals surface area contributed by atoms with Gasteiger partial charge >= 0.3 is 0 Å². The molecule has 0 radical (unpaired) electrons. The van der Waals surface area contributed by atoms with Crippen molar-refractivity contribution in [2.24, 2.45) is 5.41 Å². The van der Waals surface area contributed by atoms with Crippen LogP contribution in [0.5, 0.6) is 0 Å².